The van der Waals surface area contributed by atoms with E-state index in [2.05, 4.69) is 5.32 Å². The molecule has 0 aliphatic heterocycles. The molecule has 0 amide bonds. The topological polar surface area (TPSA) is 75.3 Å². The maximum atomic E-state index is 14.5. The summed E-state index contributed by atoms with van der Waals surface area (Å²) in [7, 11) is 7.23. The van der Waals surface area contributed by atoms with Gasteiger partial charge in [-0.2, -0.15) is 0 Å². The molecule has 9 heteroatoms. The number of hydrogen-bond donors (Lipinski definition) is 1. The molecule has 0 saturated heterocycles. The molecule has 0 spiro atoms. The van der Waals surface area contributed by atoms with Crippen molar-refractivity contribution >= 4 is 23.6 Å². The van der Waals surface area contributed by atoms with Crippen molar-refractivity contribution in [1.29, 1.82) is 0 Å². The van der Waals surface area contributed by atoms with Crippen molar-refractivity contribution in [1.82, 2.24) is 0 Å². The van der Waals surface area contributed by atoms with Crippen LogP contribution in [0.15, 0.2) is 54.7 Å². The van der Waals surface area contributed by atoms with Crippen LogP contribution in [0.4, 0.5) is 14.5 Å². The van der Waals surface area contributed by atoms with E-state index in [4.69, 9.17) is 23.7 Å². The van der Waals surface area contributed by atoms with E-state index in [1.807, 2.05) is 0 Å². The van der Waals surface area contributed by atoms with Crippen LogP contribution in [-0.4, -0.2) is 41.3 Å². The Bertz CT molecular complexity index is 1310. The number of carbonyl (C=O) groups is 1. The number of nitrogens with one attached hydrogen (secondary N) is 1. The number of hydrogen-bond acceptors (Lipinski definition) is 7. The normalized spacial score (nSPS) is 11.0. The third-order valence-corrected chi connectivity index (χ3v) is 5.38. The summed E-state index contributed by atoms with van der Waals surface area (Å²) in [5.41, 5.74) is 1.80. The van der Waals surface area contributed by atoms with Crippen LogP contribution in [0.25, 0.3) is 12.2 Å². The maximum absolute atomic E-state index is 14.5. The summed E-state index contributed by atoms with van der Waals surface area (Å²) in [6.45, 7) is 0. The Morgan fingerprint density at radius 3 is 1.92 bits per heavy atom. The van der Waals surface area contributed by atoms with Gasteiger partial charge in [-0.1, -0.05) is 12.2 Å². The first-order chi connectivity index (χ1) is 17.8. The summed E-state index contributed by atoms with van der Waals surface area (Å²) in [6.07, 6.45) is 6.05. The molecule has 3 aromatic carbocycles. The van der Waals surface area contributed by atoms with Gasteiger partial charge in [0.2, 0.25) is 5.75 Å². The fourth-order valence-corrected chi connectivity index (χ4v) is 3.49. The van der Waals surface area contributed by atoms with E-state index in [1.54, 1.807) is 24.3 Å². The lowest BCUT2D eigenvalue weighted by Crippen LogP contribution is -2.00. The number of anilines is 1. The summed E-state index contributed by atoms with van der Waals surface area (Å²) in [6, 6.07) is 10.2. The minimum absolute atomic E-state index is 0.0180. The van der Waals surface area contributed by atoms with Crippen LogP contribution < -0.4 is 29.0 Å². The molecule has 3 aromatic rings. The van der Waals surface area contributed by atoms with Gasteiger partial charge in [-0.3, -0.25) is 4.79 Å². The average molecular weight is 512 g/mol. The molecule has 1 N–H and O–H groups in total. The van der Waals surface area contributed by atoms with Gasteiger partial charge < -0.3 is 29.0 Å². The zero-order valence-electron chi connectivity index (χ0n) is 21.1. The highest BCUT2D eigenvalue weighted by atomic mass is 19.1. The van der Waals surface area contributed by atoms with E-state index in [9.17, 15) is 13.6 Å². The third-order valence-electron chi connectivity index (χ3n) is 5.38. The van der Waals surface area contributed by atoms with E-state index in [-0.39, 0.29) is 17.1 Å². The molecule has 0 radical (unpaired) electrons. The van der Waals surface area contributed by atoms with Crippen molar-refractivity contribution in [3.8, 4) is 28.7 Å². The monoisotopic (exact) mass is 511 g/mol. The van der Waals surface area contributed by atoms with E-state index in [1.165, 1.54) is 72.1 Å². The lowest BCUT2D eigenvalue weighted by molar-refractivity contribution is 0.104. The number of halogens is 2. The first-order valence-electron chi connectivity index (χ1n) is 11.0. The molecule has 3 rings (SSSR count). The van der Waals surface area contributed by atoms with Crippen LogP contribution in [-0.2, 0) is 0 Å². The van der Waals surface area contributed by atoms with Gasteiger partial charge in [0.25, 0.3) is 0 Å². The molecule has 0 atom stereocenters. The summed E-state index contributed by atoms with van der Waals surface area (Å²) in [5, 5.41) is 2.97. The highest BCUT2D eigenvalue weighted by Crippen LogP contribution is 2.39. The van der Waals surface area contributed by atoms with Gasteiger partial charge in [-0.05, 0) is 42.0 Å². The van der Waals surface area contributed by atoms with Crippen molar-refractivity contribution in [3.05, 3.63) is 83.1 Å². The summed E-state index contributed by atoms with van der Waals surface area (Å²) >= 11 is 0. The minimum atomic E-state index is -0.641. The summed E-state index contributed by atoms with van der Waals surface area (Å²) < 4.78 is 54.5. The van der Waals surface area contributed by atoms with Crippen LogP contribution in [0.3, 0.4) is 0 Å². The molecule has 0 aliphatic rings. The number of ketones is 1. The van der Waals surface area contributed by atoms with Crippen molar-refractivity contribution in [2.75, 3.05) is 40.9 Å². The Morgan fingerprint density at radius 1 is 0.730 bits per heavy atom. The SMILES string of the molecule is COc1ccc(C(=O)/C=C\Nc2cc(OC)c(F)cc2/C=C\c2cc(OC)c(OC)c(OC)c2)cc1F. The molecular formula is C28H27F2NO6. The first-order valence-corrected chi connectivity index (χ1v) is 11.0. The van der Waals surface area contributed by atoms with Gasteiger partial charge in [0.05, 0.1) is 35.5 Å². The Balaban J connectivity index is 1.89. The molecular weight excluding hydrogens is 484 g/mol. The van der Waals surface area contributed by atoms with Gasteiger partial charge >= 0.3 is 0 Å². The molecule has 7 nitrogen and oxygen atoms in total. The standard InChI is InChI=1S/C28H27F2NO6/c1-33-24-9-8-19(15-20(24)29)23(32)10-11-31-22-16-25(34-2)21(30)14-18(22)7-6-17-12-26(35-3)28(37-5)27(13-17)36-4/h6-16,31H,1-5H3/b7-6-,11-10-. The molecule has 0 saturated carbocycles. The van der Waals surface area contributed by atoms with Crippen LogP contribution in [0.5, 0.6) is 28.7 Å². The van der Waals surface area contributed by atoms with Crippen LogP contribution in [0, 0.1) is 11.6 Å². The van der Waals surface area contributed by atoms with E-state index >= 15 is 0 Å². The summed E-state index contributed by atoms with van der Waals surface area (Å²) in [5.74, 6) is -0.188. The number of methoxy groups -OCH3 is 5. The van der Waals surface area contributed by atoms with Gasteiger partial charge in [-0.25, -0.2) is 8.78 Å². The Kier molecular flexibility index (Phi) is 9.10. The minimum Gasteiger partial charge on any atom is -0.494 e. The van der Waals surface area contributed by atoms with Gasteiger partial charge in [0.15, 0.2) is 40.4 Å². The van der Waals surface area contributed by atoms with Crippen molar-refractivity contribution < 1.29 is 37.3 Å². The van der Waals surface area contributed by atoms with Crippen LogP contribution in [0.1, 0.15) is 21.5 Å². The Labute approximate surface area is 213 Å². The number of rotatable bonds is 11. The number of benzene rings is 3. The third kappa shape index (κ3) is 6.38. The van der Waals surface area contributed by atoms with Gasteiger partial charge in [0.1, 0.15) is 0 Å². The van der Waals surface area contributed by atoms with E-state index in [0.29, 0.717) is 34.1 Å². The number of carbonyl (C=O) groups excluding carboxylic acids is 1. The predicted molar refractivity (Wildman–Crippen MR) is 138 cm³/mol. The fraction of sp³-hybridized carbons (Fsp3) is 0.179. The largest absolute Gasteiger partial charge is 0.494 e. The van der Waals surface area contributed by atoms with E-state index < -0.39 is 17.4 Å². The number of allylic oxidation sites excluding steroid dienone is 1. The first kappa shape index (κ1) is 27.1. The van der Waals surface area contributed by atoms with Crippen molar-refractivity contribution in [3.63, 3.8) is 0 Å². The highest BCUT2D eigenvalue weighted by molar-refractivity contribution is 6.04. The number of ether oxygens (including phenoxy) is 5. The second-order valence-corrected chi connectivity index (χ2v) is 7.56. The molecule has 0 heterocycles. The van der Waals surface area contributed by atoms with Crippen molar-refractivity contribution in [2.24, 2.45) is 0 Å². The Morgan fingerprint density at radius 2 is 1.35 bits per heavy atom. The molecule has 0 bridgehead atoms. The van der Waals surface area contributed by atoms with E-state index in [0.717, 1.165) is 6.07 Å². The molecule has 37 heavy (non-hydrogen) atoms. The molecule has 0 aromatic heterocycles. The van der Waals surface area contributed by atoms with Crippen LogP contribution >= 0.6 is 0 Å². The summed E-state index contributed by atoms with van der Waals surface area (Å²) in [4.78, 5) is 12.5. The molecule has 194 valence electrons. The fourth-order valence-electron chi connectivity index (χ4n) is 3.49. The van der Waals surface area contributed by atoms with Crippen molar-refractivity contribution in [2.45, 2.75) is 0 Å². The van der Waals surface area contributed by atoms with Gasteiger partial charge in [-0.15, -0.1) is 0 Å². The lowest BCUT2D eigenvalue weighted by atomic mass is 10.1. The second-order valence-electron chi connectivity index (χ2n) is 7.56. The average Bonchev–Trinajstić information content (AvgIpc) is 2.91. The quantitative estimate of drug-likeness (QED) is 0.193. The second kappa shape index (κ2) is 12.4. The van der Waals surface area contributed by atoms with Crippen LogP contribution in [0.2, 0.25) is 0 Å². The molecule has 0 aliphatic carbocycles. The zero-order chi connectivity index (χ0) is 26.9. The smallest absolute Gasteiger partial charge is 0.203 e. The van der Waals surface area contributed by atoms with Gasteiger partial charge in [0, 0.05) is 35.2 Å². The predicted octanol–water partition coefficient (Wildman–Crippen LogP) is 5.99. The zero-order valence-corrected chi connectivity index (χ0v) is 21.1. The molecule has 0 unspecified atom stereocenters. The highest BCUT2D eigenvalue weighted by Gasteiger charge is 2.13. The molecule has 0 fully saturated rings. The maximum Gasteiger partial charge on any atom is 0.203 e. The lowest BCUT2D eigenvalue weighted by Gasteiger charge is -2.13. The Hall–Kier alpha value is -4.53.